The second kappa shape index (κ2) is 21.6. The van der Waals surface area contributed by atoms with Gasteiger partial charge in [0.05, 0.1) is 38.1 Å². The summed E-state index contributed by atoms with van der Waals surface area (Å²) in [5.41, 5.74) is 0. The highest BCUT2D eigenvalue weighted by Crippen LogP contribution is 2.39. The maximum absolute atomic E-state index is 13.0. The molecule has 0 aliphatic carbocycles. The fourth-order valence-electron chi connectivity index (χ4n) is 7.27. The standard InChI is InChI=1S/C31H52N2O29S2/c1-8-17(39)20(42)21(43)28(56-8)60-25-16(33-10(3)36)27(45)57-14(7-55-64(51,52)53)23(25)59-29-22(44)26(19(41)13(58-29)6-54-63(48,49)50)62-31(30(46)47)4-11(37)15(32-9(2)35)24(61-31)18(40)12(38)5-34/h8,11-29,34,37-45H,4-7H2,1-3H3,(H,32,35)(H,33,36)(H,46,47)(H,48,49,50)(H,51,52,53)/t8-,11-,12+,13+,14+,15+,16+,17+,18+,19-,20+,21-,22+,23+,24+,25+,26-,27+,28-,29-,31-/m0/s1. The van der Waals surface area contributed by atoms with Crippen LogP contribution in [0.3, 0.4) is 0 Å². The number of amides is 2. The van der Waals surface area contributed by atoms with Crippen LogP contribution < -0.4 is 10.6 Å². The number of carboxylic acids is 1. The average molecular weight is 981 g/mol. The molecule has 4 saturated heterocycles. The van der Waals surface area contributed by atoms with Crippen LogP contribution in [0.5, 0.6) is 0 Å². The van der Waals surface area contributed by atoms with E-state index in [1.807, 2.05) is 0 Å². The fraction of sp³-hybridized carbons (Fsp3) is 0.903. The topological polar surface area (TPSA) is 490 Å². The smallest absolute Gasteiger partial charge is 0.397 e. The van der Waals surface area contributed by atoms with Crippen molar-refractivity contribution >= 4 is 38.6 Å². The van der Waals surface area contributed by atoms with Crippen LogP contribution >= 0.6 is 0 Å². The van der Waals surface area contributed by atoms with E-state index in [9.17, 15) is 96.5 Å². The molecule has 33 heteroatoms. The molecule has 15 N–H and O–H groups in total. The lowest BCUT2D eigenvalue weighted by Gasteiger charge is -2.51. The fourth-order valence-corrected chi connectivity index (χ4v) is 7.88. The third-order valence-corrected chi connectivity index (χ3v) is 11.2. The Balaban J connectivity index is 1.83. The first-order valence-corrected chi connectivity index (χ1v) is 21.6. The van der Waals surface area contributed by atoms with E-state index in [1.54, 1.807) is 0 Å². The Morgan fingerprint density at radius 2 is 1.25 bits per heavy atom. The summed E-state index contributed by atoms with van der Waals surface area (Å²) in [5, 5.41) is 122. The Labute approximate surface area is 362 Å². The minimum absolute atomic E-state index is 0.876. The maximum Gasteiger partial charge on any atom is 0.397 e. The molecule has 4 fully saturated rings. The van der Waals surface area contributed by atoms with E-state index in [0.717, 1.165) is 13.8 Å². The zero-order valence-electron chi connectivity index (χ0n) is 33.5. The van der Waals surface area contributed by atoms with Gasteiger partial charge in [0.1, 0.15) is 85.4 Å². The number of ether oxygens (including phenoxy) is 7. The first kappa shape index (κ1) is 54.1. The molecule has 21 atom stereocenters. The molecular weight excluding hydrogens is 928 g/mol. The number of carbonyl (C=O) groups is 3. The van der Waals surface area contributed by atoms with Crippen LogP contribution in [0.2, 0.25) is 0 Å². The molecule has 372 valence electrons. The highest BCUT2D eigenvalue weighted by atomic mass is 32.3. The molecule has 0 aromatic heterocycles. The van der Waals surface area contributed by atoms with Crippen molar-refractivity contribution < 1.29 is 138 Å². The van der Waals surface area contributed by atoms with E-state index in [2.05, 4.69) is 19.0 Å². The highest BCUT2D eigenvalue weighted by Gasteiger charge is 2.61. The first-order valence-electron chi connectivity index (χ1n) is 18.9. The van der Waals surface area contributed by atoms with Crippen molar-refractivity contribution in [2.75, 3.05) is 19.8 Å². The van der Waals surface area contributed by atoms with E-state index in [0.29, 0.717) is 0 Å². The Morgan fingerprint density at radius 1 is 0.719 bits per heavy atom. The second-order valence-corrected chi connectivity index (χ2v) is 17.3. The zero-order chi connectivity index (χ0) is 48.4. The molecular formula is C31H52N2O29S2. The minimum atomic E-state index is -5.40. The van der Waals surface area contributed by atoms with Gasteiger partial charge in [-0.25, -0.2) is 13.2 Å². The molecule has 64 heavy (non-hydrogen) atoms. The summed E-state index contributed by atoms with van der Waals surface area (Å²) in [6.07, 6.45) is -40.1. The zero-order valence-corrected chi connectivity index (χ0v) is 35.2. The van der Waals surface area contributed by atoms with Gasteiger partial charge in [0.25, 0.3) is 5.79 Å². The van der Waals surface area contributed by atoms with Crippen molar-refractivity contribution in [1.82, 2.24) is 10.6 Å². The Hall–Kier alpha value is -2.53. The van der Waals surface area contributed by atoms with E-state index >= 15 is 0 Å². The van der Waals surface area contributed by atoms with Crippen molar-refractivity contribution in [1.29, 1.82) is 0 Å². The summed E-state index contributed by atoms with van der Waals surface area (Å²) in [7, 11) is -10.8. The van der Waals surface area contributed by atoms with E-state index < -0.39 is 193 Å². The van der Waals surface area contributed by atoms with Gasteiger partial charge in [0.15, 0.2) is 18.9 Å². The highest BCUT2D eigenvalue weighted by molar-refractivity contribution is 7.81. The van der Waals surface area contributed by atoms with Gasteiger partial charge in [-0.1, -0.05) is 0 Å². The number of nitrogens with one attached hydrogen (secondary N) is 2. The molecule has 0 aromatic carbocycles. The van der Waals surface area contributed by atoms with E-state index in [-0.39, 0.29) is 0 Å². The Kier molecular flexibility index (Phi) is 18.3. The first-order chi connectivity index (χ1) is 29.5. The number of aliphatic hydroxyl groups excluding tert-OH is 10. The number of carboxylic acid groups (broad SMARTS) is 1. The number of aliphatic hydroxyl groups is 10. The number of hydrogen-bond donors (Lipinski definition) is 15. The molecule has 2 amide bonds. The normalized spacial score (nSPS) is 42.0. The molecule has 0 saturated carbocycles. The van der Waals surface area contributed by atoms with Crippen LogP contribution in [0.25, 0.3) is 0 Å². The van der Waals surface area contributed by atoms with Crippen LogP contribution in [0, 0.1) is 0 Å². The van der Waals surface area contributed by atoms with Crippen molar-refractivity contribution in [3.63, 3.8) is 0 Å². The number of carbonyl (C=O) groups excluding carboxylic acids is 2. The second-order valence-electron chi connectivity index (χ2n) is 15.1. The van der Waals surface area contributed by atoms with E-state index in [1.165, 1.54) is 6.92 Å². The van der Waals surface area contributed by atoms with Gasteiger partial charge in [-0.3, -0.25) is 18.7 Å². The number of hydrogen-bond acceptors (Lipinski definition) is 26. The maximum atomic E-state index is 13.0. The Morgan fingerprint density at radius 3 is 1.78 bits per heavy atom. The summed E-state index contributed by atoms with van der Waals surface area (Å²) < 4.78 is 113. The monoisotopic (exact) mass is 980 g/mol. The molecule has 0 spiro atoms. The van der Waals surface area contributed by atoms with Crippen molar-refractivity contribution in [3.05, 3.63) is 0 Å². The van der Waals surface area contributed by atoms with Gasteiger partial charge in [-0.2, -0.15) is 16.8 Å². The van der Waals surface area contributed by atoms with E-state index in [4.69, 9.17) is 33.2 Å². The summed E-state index contributed by atoms with van der Waals surface area (Å²) in [6.45, 7) is -0.855. The lowest BCUT2D eigenvalue weighted by Crippen LogP contribution is -2.71. The molecule has 31 nitrogen and oxygen atoms in total. The minimum Gasteiger partial charge on any atom is -0.477 e. The van der Waals surface area contributed by atoms with Gasteiger partial charge in [-0.15, -0.1) is 0 Å². The van der Waals surface area contributed by atoms with Crippen LogP contribution in [0.1, 0.15) is 27.2 Å². The van der Waals surface area contributed by atoms with Crippen molar-refractivity contribution in [2.24, 2.45) is 0 Å². The SMILES string of the molecule is CC(=O)N[C@@H]1[C@@H](O[C@@H]2O[C@@H](C)[C@@H](O)[C@@H](O)[C@@H]2O)[C@H](O[C@@H]2O[C@H](COS(=O)(=O)O)[C@H](O)[C@H](O[C@]3(C(=O)O)C[C@H](O)[C@@H](NC(C)=O)[C@H]([C@H](O)[C@H](O)CO)O3)[C@H]2O)[C@@H](COS(=O)(=O)O)O[C@H]1O. The molecule has 4 aliphatic rings. The van der Waals surface area contributed by atoms with Crippen LogP contribution in [-0.2, 0) is 76.7 Å². The predicted octanol–water partition coefficient (Wildman–Crippen LogP) is -9.57. The molecule has 4 rings (SSSR count). The van der Waals surface area contributed by atoms with Crippen molar-refractivity contribution in [3.8, 4) is 0 Å². The Bertz CT molecular complexity index is 1830. The van der Waals surface area contributed by atoms with Crippen molar-refractivity contribution in [2.45, 2.75) is 155 Å². The lowest BCUT2D eigenvalue weighted by atomic mass is 9.88. The number of aliphatic carboxylic acids is 1. The van der Waals surface area contributed by atoms with Gasteiger partial charge in [-0.05, 0) is 6.92 Å². The molecule has 0 aromatic rings. The molecule has 0 radical (unpaired) electrons. The van der Waals surface area contributed by atoms with Crippen LogP contribution in [-0.4, -0.2) is 248 Å². The van der Waals surface area contributed by atoms with Crippen LogP contribution in [0.15, 0.2) is 0 Å². The van der Waals surface area contributed by atoms with Gasteiger partial charge in [0.2, 0.25) is 11.8 Å². The van der Waals surface area contributed by atoms with Gasteiger partial charge < -0.3 is 100.0 Å². The molecule has 4 aliphatic heterocycles. The predicted molar refractivity (Wildman–Crippen MR) is 194 cm³/mol. The summed E-state index contributed by atoms with van der Waals surface area (Å²) >= 11 is 0. The third kappa shape index (κ3) is 13.1. The summed E-state index contributed by atoms with van der Waals surface area (Å²) in [5.74, 6) is -7.34. The lowest BCUT2D eigenvalue weighted by molar-refractivity contribution is -0.389. The quantitative estimate of drug-likeness (QED) is 0.0567. The largest absolute Gasteiger partial charge is 0.477 e. The molecule has 4 heterocycles. The third-order valence-electron chi connectivity index (χ3n) is 10.3. The average Bonchev–Trinajstić information content (AvgIpc) is 3.18. The van der Waals surface area contributed by atoms with Gasteiger partial charge >= 0.3 is 26.8 Å². The summed E-state index contributed by atoms with van der Waals surface area (Å²) in [6, 6.07) is -3.63. The van der Waals surface area contributed by atoms with Gasteiger partial charge in [0, 0.05) is 20.3 Å². The molecule has 0 bridgehead atoms. The number of rotatable bonds is 18. The summed E-state index contributed by atoms with van der Waals surface area (Å²) in [4.78, 5) is 37.4. The molecule has 0 unspecified atom stereocenters. The van der Waals surface area contributed by atoms with Crippen LogP contribution in [0.4, 0.5) is 0 Å².